The molecule has 0 aromatic rings. The number of carbonyl (C=O) groups excluding carboxylic acids is 1. The van der Waals surface area contributed by atoms with E-state index in [1.165, 1.54) is 0 Å². The maximum absolute atomic E-state index is 11.6. The molecule has 0 fully saturated rings. The second kappa shape index (κ2) is 7.30. The van der Waals surface area contributed by atoms with Crippen molar-refractivity contribution in [2.24, 2.45) is 11.7 Å². The fraction of sp³-hybridized carbons (Fsp3) is 0.750. The molecule has 3 nitrogen and oxygen atoms in total. The van der Waals surface area contributed by atoms with Crippen molar-refractivity contribution in [2.45, 2.75) is 52.1 Å². The predicted molar refractivity (Wildman–Crippen MR) is 63.1 cm³/mol. The summed E-state index contributed by atoms with van der Waals surface area (Å²) in [6.07, 6.45) is 7.32. The third kappa shape index (κ3) is 6.14. The van der Waals surface area contributed by atoms with Crippen LogP contribution in [-0.2, 0) is 4.79 Å². The summed E-state index contributed by atoms with van der Waals surface area (Å²) >= 11 is 0. The molecule has 0 aliphatic carbocycles. The summed E-state index contributed by atoms with van der Waals surface area (Å²) in [7, 11) is 0. The molecule has 0 aliphatic heterocycles. The maximum Gasteiger partial charge on any atom is 0.237 e. The molecule has 3 N–H and O–H groups in total. The minimum absolute atomic E-state index is 0.0562. The van der Waals surface area contributed by atoms with Crippen molar-refractivity contribution in [3.63, 3.8) is 0 Å². The highest BCUT2D eigenvalue weighted by atomic mass is 16.2. The molecule has 0 saturated carbocycles. The average Bonchev–Trinajstić information content (AvgIpc) is 2.15. The van der Waals surface area contributed by atoms with Crippen molar-refractivity contribution in [1.82, 2.24) is 5.32 Å². The number of nitrogens with one attached hydrogen (secondary N) is 1. The standard InChI is InChI=1S/C12H22N2O/c1-5-7-10(6-2)14-12(15)11(13)8-9(3)4/h1,9-11H,6-8,13H2,2-4H3,(H,14,15). The van der Waals surface area contributed by atoms with Gasteiger partial charge in [-0.2, -0.15) is 0 Å². The smallest absolute Gasteiger partial charge is 0.237 e. The van der Waals surface area contributed by atoms with E-state index in [4.69, 9.17) is 12.2 Å². The van der Waals surface area contributed by atoms with Crippen LogP contribution in [0.3, 0.4) is 0 Å². The van der Waals surface area contributed by atoms with Crippen LogP contribution in [0.25, 0.3) is 0 Å². The van der Waals surface area contributed by atoms with Gasteiger partial charge in [-0.25, -0.2) is 0 Å². The third-order valence-corrected chi connectivity index (χ3v) is 2.27. The van der Waals surface area contributed by atoms with E-state index in [0.29, 0.717) is 18.8 Å². The van der Waals surface area contributed by atoms with E-state index in [2.05, 4.69) is 11.2 Å². The minimum atomic E-state index is -0.420. The average molecular weight is 210 g/mol. The lowest BCUT2D eigenvalue weighted by Crippen LogP contribution is -2.45. The maximum atomic E-state index is 11.6. The summed E-state index contributed by atoms with van der Waals surface area (Å²) in [6, 6.07) is -0.363. The van der Waals surface area contributed by atoms with Crippen LogP contribution in [0.5, 0.6) is 0 Å². The Balaban J connectivity index is 4.05. The molecular formula is C12H22N2O. The Labute approximate surface area is 92.8 Å². The van der Waals surface area contributed by atoms with Crippen LogP contribution < -0.4 is 11.1 Å². The molecule has 0 aromatic carbocycles. The monoisotopic (exact) mass is 210 g/mol. The van der Waals surface area contributed by atoms with Crippen molar-refractivity contribution < 1.29 is 4.79 Å². The van der Waals surface area contributed by atoms with Crippen molar-refractivity contribution >= 4 is 5.91 Å². The lowest BCUT2D eigenvalue weighted by molar-refractivity contribution is -0.123. The summed E-state index contributed by atoms with van der Waals surface area (Å²) in [6.45, 7) is 6.09. The second-order valence-electron chi connectivity index (χ2n) is 4.26. The quantitative estimate of drug-likeness (QED) is 0.649. The van der Waals surface area contributed by atoms with Gasteiger partial charge >= 0.3 is 0 Å². The lowest BCUT2D eigenvalue weighted by Gasteiger charge is -2.19. The van der Waals surface area contributed by atoms with Gasteiger partial charge in [0.15, 0.2) is 0 Å². The van der Waals surface area contributed by atoms with Crippen molar-refractivity contribution in [1.29, 1.82) is 0 Å². The highest BCUT2D eigenvalue weighted by molar-refractivity contribution is 5.81. The highest BCUT2D eigenvalue weighted by Crippen LogP contribution is 2.04. The first-order chi connectivity index (χ1) is 7.01. The van der Waals surface area contributed by atoms with Crippen LogP contribution in [0.4, 0.5) is 0 Å². The van der Waals surface area contributed by atoms with E-state index < -0.39 is 6.04 Å². The van der Waals surface area contributed by atoms with Crippen LogP contribution in [0.15, 0.2) is 0 Å². The van der Waals surface area contributed by atoms with E-state index >= 15 is 0 Å². The zero-order valence-electron chi connectivity index (χ0n) is 9.92. The summed E-state index contributed by atoms with van der Waals surface area (Å²) in [5, 5.41) is 2.87. The first kappa shape index (κ1) is 14.0. The van der Waals surface area contributed by atoms with Gasteiger partial charge in [0.25, 0.3) is 0 Å². The van der Waals surface area contributed by atoms with Crippen molar-refractivity contribution in [3.8, 4) is 12.3 Å². The first-order valence-electron chi connectivity index (χ1n) is 5.50. The number of rotatable bonds is 6. The Morgan fingerprint density at radius 3 is 2.53 bits per heavy atom. The molecule has 3 heteroatoms. The molecule has 0 radical (unpaired) electrons. The van der Waals surface area contributed by atoms with Gasteiger partial charge in [0, 0.05) is 12.5 Å². The van der Waals surface area contributed by atoms with E-state index in [-0.39, 0.29) is 11.9 Å². The molecule has 86 valence electrons. The number of amides is 1. The molecule has 15 heavy (non-hydrogen) atoms. The molecule has 0 aliphatic rings. The topological polar surface area (TPSA) is 55.1 Å². The fourth-order valence-electron chi connectivity index (χ4n) is 1.36. The summed E-state index contributed by atoms with van der Waals surface area (Å²) in [5.74, 6) is 2.89. The molecule has 0 spiro atoms. The molecule has 2 unspecified atom stereocenters. The van der Waals surface area contributed by atoms with Crippen molar-refractivity contribution in [2.75, 3.05) is 0 Å². The number of carbonyl (C=O) groups is 1. The SMILES string of the molecule is C#CCC(CC)NC(=O)C(N)CC(C)C. The van der Waals surface area contributed by atoms with Gasteiger partial charge < -0.3 is 11.1 Å². The molecule has 0 aromatic heterocycles. The summed E-state index contributed by atoms with van der Waals surface area (Å²) in [4.78, 5) is 11.6. The van der Waals surface area contributed by atoms with Gasteiger partial charge in [-0.3, -0.25) is 4.79 Å². The molecule has 2 atom stereocenters. The van der Waals surface area contributed by atoms with Crippen LogP contribution in [0, 0.1) is 18.3 Å². The Morgan fingerprint density at radius 2 is 2.13 bits per heavy atom. The zero-order chi connectivity index (χ0) is 11.8. The number of nitrogens with two attached hydrogens (primary N) is 1. The van der Waals surface area contributed by atoms with Crippen LogP contribution in [0.1, 0.15) is 40.0 Å². The van der Waals surface area contributed by atoms with E-state index in [9.17, 15) is 4.79 Å². The molecule has 1 amide bonds. The molecule has 0 rings (SSSR count). The molecule has 0 bridgehead atoms. The summed E-state index contributed by atoms with van der Waals surface area (Å²) < 4.78 is 0. The second-order valence-corrected chi connectivity index (χ2v) is 4.26. The number of terminal acetylenes is 1. The Morgan fingerprint density at radius 1 is 1.53 bits per heavy atom. The third-order valence-electron chi connectivity index (χ3n) is 2.27. The first-order valence-corrected chi connectivity index (χ1v) is 5.50. The number of hydrogen-bond donors (Lipinski definition) is 2. The lowest BCUT2D eigenvalue weighted by atomic mass is 10.0. The number of hydrogen-bond acceptors (Lipinski definition) is 2. The van der Waals surface area contributed by atoms with Crippen molar-refractivity contribution in [3.05, 3.63) is 0 Å². The van der Waals surface area contributed by atoms with Gasteiger partial charge in [0.05, 0.1) is 6.04 Å². The Kier molecular flexibility index (Phi) is 6.81. The fourth-order valence-corrected chi connectivity index (χ4v) is 1.36. The summed E-state index contributed by atoms with van der Waals surface area (Å²) in [5.41, 5.74) is 5.75. The van der Waals surface area contributed by atoms with Gasteiger partial charge in [-0.15, -0.1) is 12.3 Å². The Bertz CT molecular complexity index is 230. The molecular weight excluding hydrogens is 188 g/mol. The van der Waals surface area contributed by atoms with E-state index in [1.54, 1.807) is 0 Å². The molecule has 0 heterocycles. The normalized spacial score (nSPS) is 14.4. The minimum Gasteiger partial charge on any atom is -0.351 e. The van der Waals surface area contributed by atoms with Crippen LogP contribution in [-0.4, -0.2) is 18.0 Å². The predicted octanol–water partition coefficient (Wildman–Crippen LogP) is 1.28. The largest absolute Gasteiger partial charge is 0.351 e. The van der Waals surface area contributed by atoms with Gasteiger partial charge in [-0.1, -0.05) is 20.8 Å². The van der Waals surface area contributed by atoms with E-state index in [1.807, 2.05) is 20.8 Å². The van der Waals surface area contributed by atoms with E-state index in [0.717, 1.165) is 6.42 Å². The van der Waals surface area contributed by atoms with Gasteiger partial charge in [0.2, 0.25) is 5.91 Å². The highest BCUT2D eigenvalue weighted by Gasteiger charge is 2.17. The van der Waals surface area contributed by atoms with Crippen LogP contribution >= 0.6 is 0 Å². The zero-order valence-corrected chi connectivity index (χ0v) is 9.92. The van der Waals surface area contributed by atoms with Gasteiger partial charge in [0.1, 0.15) is 0 Å². The van der Waals surface area contributed by atoms with Gasteiger partial charge in [-0.05, 0) is 18.8 Å². The Hall–Kier alpha value is -1.01. The molecule has 0 saturated heterocycles. The van der Waals surface area contributed by atoms with Crippen LogP contribution in [0.2, 0.25) is 0 Å².